The molecule has 0 bridgehead atoms. The van der Waals surface area contributed by atoms with Gasteiger partial charge in [0, 0.05) is 18.3 Å². The Bertz CT molecular complexity index is 426. The van der Waals surface area contributed by atoms with E-state index in [4.69, 9.17) is 4.74 Å². The van der Waals surface area contributed by atoms with Gasteiger partial charge in [-0.2, -0.15) is 0 Å². The van der Waals surface area contributed by atoms with Gasteiger partial charge in [0.15, 0.2) is 0 Å². The first-order valence-electron chi connectivity index (χ1n) is 5.49. The van der Waals surface area contributed by atoms with Gasteiger partial charge in [-0.3, -0.25) is 0 Å². The van der Waals surface area contributed by atoms with Crippen molar-refractivity contribution in [1.82, 2.24) is 0 Å². The maximum atomic E-state index is 5.94. The summed E-state index contributed by atoms with van der Waals surface area (Å²) >= 11 is 0. The Balaban J connectivity index is 2.23. The minimum atomic E-state index is -0.0490. The van der Waals surface area contributed by atoms with Crippen LogP contribution in [0, 0.1) is 0 Å². The molecule has 80 valence electrons. The molecule has 2 nitrogen and oxygen atoms in total. The predicted octanol–water partition coefficient (Wildman–Crippen LogP) is 2.53. The van der Waals surface area contributed by atoms with Crippen LogP contribution in [0.25, 0.3) is 0 Å². The monoisotopic (exact) mass is 203 g/mol. The highest BCUT2D eigenvalue weighted by Gasteiger charge is 2.65. The second-order valence-electron chi connectivity index (χ2n) is 5.33. The molecule has 1 aromatic rings. The summed E-state index contributed by atoms with van der Waals surface area (Å²) in [6, 6.07) is 8.55. The Labute approximate surface area is 90.8 Å². The maximum Gasteiger partial charge on any atom is 0.121 e. The number of para-hydroxylation sites is 1. The number of anilines is 1. The van der Waals surface area contributed by atoms with Crippen molar-refractivity contribution in [3.8, 4) is 0 Å². The summed E-state index contributed by atoms with van der Waals surface area (Å²) in [5.74, 6) is 0. The van der Waals surface area contributed by atoms with Crippen molar-refractivity contribution in [3.05, 3.63) is 29.8 Å². The van der Waals surface area contributed by atoms with Crippen LogP contribution in [0.5, 0.6) is 0 Å². The van der Waals surface area contributed by atoms with Crippen LogP contribution in [0.3, 0.4) is 0 Å². The first-order valence-corrected chi connectivity index (χ1v) is 5.49. The average Bonchev–Trinajstić information content (AvgIpc) is 2.91. The third-order valence-corrected chi connectivity index (χ3v) is 4.11. The Morgan fingerprint density at radius 2 is 1.87 bits per heavy atom. The molecule has 1 saturated heterocycles. The van der Waals surface area contributed by atoms with Crippen LogP contribution in [-0.4, -0.2) is 18.7 Å². The van der Waals surface area contributed by atoms with E-state index in [-0.39, 0.29) is 11.1 Å². The van der Waals surface area contributed by atoms with Gasteiger partial charge in [-0.1, -0.05) is 18.2 Å². The molecule has 2 atom stereocenters. The van der Waals surface area contributed by atoms with Crippen LogP contribution >= 0.6 is 0 Å². The Morgan fingerprint density at radius 1 is 1.20 bits per heavy atom. The number of hydrogen-bond donors (Lipinski definition) is 0. The highest BCUT2D eigenvalue weighted by atomic mass is 16.6. The second kappa shape index (κ2) is 2.38. The predicted molar refractivity (Wildman–Crippen MR) is 61.1 cm³/mol. The largest absolute Gasteiger partial charge is 0.366 e. The van der Waals surface area contributed by atoms with Crippen molar-refractivity contribution in [2.45, 2.75) is 38.0 Å². The molecular formula is C13H17NO. The highest BCUT2D eigenvalue weighted by Crippen LogP contribution is 2.58. The molecule has 0 saturated carbocycles. The van der Waals surface area contributed by atoms with E-state index in [0.29, 0.717) is 6.10 Å². The number of likely N-dealkylation sites (N-methyl/N-ethyl adjacent to an activating group) is 1. The fraction of sp³-hybridized carbons (Fsp3) is 0.538. The van der Waals surface area contributed by atoms with Crippen LogP contribution in [0.15, 0.2) is 24.3 Å². The van der Waals surface area contributed by atoms with E-state index in [1.807, 2.05) is 0 Å². The van der Waals surface area contributed by atoms with Crippen molar-refractivity contribution in [3.63, 3.8) is 0 Å². The molecule has 0 aromatic heterocycles. The summed E-state index contributed by atoms with van der Waals surface area (Å²) in [5.41, 5.74) is 2.67. The first kappa shape index (κ1) is 9.22. The summed E-state index contributed by atoms with van der Waals surface area (Å²) in [4.78, 5) is 2.34. The normalized spacial score (nSPS) is 35.7. The zero-order valence-electron chi connectivity index (χ0n) is 9.74. The molecule has 0 amide bonds. The number of epoxide rings is 1. The second-order valence-corrected chi connectivity index (χ2v) is 5.33. The molecule has 1 fully saturated rings. The summed E-state index contributed by atoms with van der Waals surface area (Å²) in [7, 11) is 2.15. The Morgan fingerprint density at radius 3 is 2.60 bits per heavy atom. The zero-order valence-corrected chi connectivity index (χ0v) is 9.74. The molecular weight excluding hydrogens is 186 g/mol. The van der Waals surface area contributed by atoms with Gasteiger partial charge in [-0.05, 0) is 26.8 Å². The van der Waals surface area contributed by atoms with Crippen molar-refractivity contribution in [2.75, 3.05) is 11.9 Å². The SMILES string of the molecule is CN1c2ccccc2C2(C)OC2C1(C)C. The van der Waals surface area contributed by atoms with Gasteiger partial charge < -0.3 is 9.64 Å². The molecule has 2 unspecified atom stereocenters. The summed E-state index contributed by atoms with van der Waals surface area (Å²) in [5, 5.41) is 0. The zero-order chi connectivity index (χ0) is 10.8. The molecule has 2 heterocycles. The van der Waals surface area contributed by atoms with Crippen molar-refractivity contribution in [2.24, 2.45) is 0 Å². The van der Waals surface area contributed by atoms with Crippen LogP contribution in [0.2, 0.25) is 0 Å². The van der Waals surface area contributed by atoms with Crippen molar-refractivity contribution < 1.29 is 4.74 Å². The molecule has 0 aliphatic carbocycles. The lowest BCUT2D eigenvalue weighted by Crippen LogP contribution is -2.51. The number of hydrogen-bond acceptors (Lipinski definition) is 2. The Kier molecular flexibility index (Phi) is 1.46. The molecule has 0 radical (unpaired) electrons. The Hall–Kier alpha value is -1.02. The fourth-order valence-electron chi connectivity index (χ4n) is 2.91. The van der Waals surface area contributed by atoms with Crippen LogP contribution in [0.1, 0.15) is 26.3 Å². The fourth-order valence-corrected chi connectivity index (χ4v) is 2.91. The number of fused-ring (bicyclic) bond motifs is 3. The lowest BCUT2D eigenvalue weighted by molar-refractivity contribution is 0.286. The molecule has 1 aromatic carbocycles. The van der Waals surface area contributed by atoms with Crippen molar-refractivity contribution in [1.29, 1.82) is 0 Å². The topological polar surface area (TPSA) is 15.8 Å². The van der Waals surface area contributed by atoms with E-state index >= 15 is 0 Å². The average molecular weight is 203 g/mol. The standard InChI is InChI=1S/C13H17NO/c1-12(2)11-13(3,15-11)9-7-5-6-8-10(9)14(12)4/h5-8,11H,1-4H3. The van der Waals surface area contributed by atoms with E-state index in [1.54, 1.807) is 0 Å². The molecule has 2 heteroatoms. The third-order valence-electron chi connectivity index (χ3n) is 4.11. The molecule has 2 aliphatic heterocycles. The van der Waals surface area contributed by atoms with Gasteiger partial charge in [0.05, 0.1) is 5.54 Å². The molecule has 3 rings (SSSR count). The highest BCUT2D eigenvalue weighted by molar-refractivity contribution is 5.63. The third kappa shape index (κ3) is 0.932. The van der Waals surface area contributed by atoms with Crippen molar-refractivity contribution >= 4 is 5.69 Å². The maximum absolute atomic E-state index is 5.94. The van der Waals surface area contributed by atoms with Gasteiger partial charge in [-0.15, -0.1) is 0 Å². The summed E-state index contributed by atoms with van der Waals surface area (Å²) in [6.45, 7) is 6.70. The molecule has 15 heavy (non-hydrogen) atoms. The van der Waals surface area contributed by atoms with E-state index in [0.717, 1.165) is 0 Å². The number of benzene rings is 1. The lowest BCUT2D eigenvalue weighted by Gasteiger charge is -2.42. The minimum absolute atomic E-state index is 0.0490. The van der Waals surface area contributed by atoms with E-state index < -0.39 is 0 Å². The van der Waals surface area contributed by atoms with E-state index in [9.17, 15) is 0 Å². The van der Waals surface area contributed by atoms with Gasteiger partial charge in [-0.25, -0.2) is 0 Å². The van der Waals surface area contributed by atoms with E-state index in [2.05, 4.69) is 57.0 Å². The molecule has 0 N–H and O–H groups in total. The lowest BCUT2D eigenvalue weighted by atomic mass is 9.80. The van der Waals surface area contributed by atoms with Gasteiger partial charge in [0.2, 0.25) is 0 Å². The number of rotatable bonds is 0. The quantitative estimate of drug-likeness (QED) is 0.602. The number of nitrogens with zero attached hydrogens (tertiary/aromatic N) is 1. The summed E-state index contributed by atoms with van der Waals surface area (Å²) in [6.07, 6.45) is 0.324. The molecule has 2 aliphatic rings. The summed E-state index contributed by atoms with van der Waals surface area (Å²) < 4.78 is 5.94. The number of ether oxygens (including phenoxy) is 1. The minimum Gasteiger partial charge on any atom is -0.366 e. The van der Waals surface area contributed by atoms with Crippen LogP contribution in [0.4, 0.5) is 5.69 Å². The van der Waals surface area contributed by atoms with Crippen LogP contribution < -0.4 is 4.90 Å². The van der Waals surface area contributed by atoms with Gasteiger partial charge in [0.1, 0.15) is 11.7 Å². The van der Waals surface area contributed by atoms with Gasteiger partial charge in [0.25, 0.3) is 0 Å². The molecule has 0 spiro atoms. The first-order chi connectivity index (χ1) is 6.98. The van der Waals surface area contributed by atoms with Crippen LogP contribution in [-0.2, 0) is 10.3 Å². The van der Waals surface area contributed by atoms with E-state index in [1.165, 1.54) is 11.3 Å². The van der Waals surface area contributed by atoms with Gasteiger partial charge >= 0.3 is 0 Å². The smallest absolute Gasteiger partial charge is 0.121 e.